The molecule has 0 heterocycles. The maximum absolute atomic E-state index is 12.4. The van der Waals surface area contributed by atoms with Crippen LogP contribution >= 0.6 is 11.6 Å². The van der Waals surface area contributed by atoms with Crippen molar-refractivity contribution in [3.63, 3.8) is 0 Å². The van der Waals surface area contributed by atoms with Crippen molar-refractivity contribution in [1.82, 2.24) is 0 Å². The summed E-state index contributed by atoms with van der Waals surface area (Å²) in [5, 5.41) is 9.65. The predicted octanol–water partition coefficient (Wildman–Crippen LogP) is 4.84. The highest BCUT2D eigenvalue weighted by molar-refractivity contribution is 6.33. The minimum absolute atomic E-state index is 0.0530. The zero-order valence-electron chi connectivity index (χ0n) is 18.2. The molecule has 166 valence electrons. The van der Waals surface area contributed by atoms with E-state index in [1.807, 2.05) is 18.2 Å². The van der Waals surface area contributed by atoms with Gasteiger partial charge in [-0.05, 0) is 35.1 Å². The largest absolute Gasteiger partial charge is 0.384 e. The van der Waals surface area contributed by atoms with E-state index in [1.165, 1.54) is 0 Å². The van der Waals surface area contributed by atoms with Crippen molar-refractivity contribution in [2.75, 3.05) is 17.2 Å². The van der Waals surface area contributed by atoms with Crippen LogP contribution in [0, 0.1) is 0 Å². The van der Waals surface area contributed by atoms with Crippen LogP contribution in [0.3, 0.4) is 0 Å². The topological polar surface area (TPSA) is 106 Å². The first-order chi connectivity index (χ1) is 14.7. The Morgan fingerprint density at radius 2 is 1.58 bits per heavy atom. The van der Waals surface area contributed by atoms with Crippen LogP contribution < -0.4 is 16.4 Å². The lowest BCUT2D eigenvalue weighted by Crippen LogP contribution is -2.24. The van der Waals surface area contributed by atoms with E-state index in [0.29, 0.717) is 10.7 Å². The van der Waals surface area contributed by atoms with Crippen LogP contribution in [-0.2, 0) is 14.4 Å². The van der Waals surface area contributed by atoms with Gasteiger partial charge in [0.05, 0.1) is 17.1 Å². The summed E-state index contributed by atoms with van der Waals surface area (Å²) in [5.41, 5.74) is 9.12. The molecule has 0 radical (unpaired) electrons. The Balaban J connectivity index is 1.92. The van der Waals surface area contributed by atoms with Gasteiger partial charge in [-0.1, -0.05) is 74.8 Å². The fourth-order valence-electron chi connectivity index (χ4n) is 3.00. The van der Waals surface area contributed by atoms with Gasteiger partial charge in [-0.25, -0.2) is 0 Å². The van der Waals surface area contributed by atoms with Gasteiger partial charge in [0.2, 0.25) is 5.91 Å². The quantitative estimate of drug-likeness (QED) is 0.292. The van der Waals surface area contributed by atoms with E-state index in [9.17, 15) is 9.59 Å². The third-order valence-electron chi connectivity index (χ3n) is 4.50. The van der Waals surface area contributed by atoms with Crippen molar-refractivity contribution in [2.24, 2.45) is 10.9 Å². The Bertz CT molecular complexity index is 931. The van der Waals surface area contributed by atoms with E-state index in [4.69, 9.17) is 22.2 Å². The fraction of sp³-hybridized carbons (Fsp3) is 0.348. The first kappa shape index (κ1) is 24.2. The molecule has 0 aromatic heterocycles. The van der Waals surface area contributed by atoms with Gasteiger partial charge in [-0.3, -0.25) is 9.59 Å². The highest BCUT2D eigenvalue weighted by Gasteiger charge is 2.16. The summed E-state index contributed by atoms with van der Waals surface area (Å²) in [6.45, 7) is 7.97. The van der Waals surface area contributed by atoms with Gasteiger partial charge >= 0.3 is 0 Å². The first-order valence-corrected chi connectivity index (χ1v) is 10.5. The standard InChI is InChI=1S/C23H29ClN4O3/c1-14(2)16-8-7-9-17(15(3)4)23(16)27-22(30)13-31-28-20(25)12-21(29)26-19-11-6-5-10-18(19)24/h5-11,14-15H,12-13H2,1-4H3,(H2,25,28)(H,26,29)(H,27,30). The van der Waals surface area contributed by atoms with Crippen LogP contribution in [0.2, 0.25) is 5.02 Å². The summed E-state index contributed by atoms with van der Waals surface area (Å²) in [5.74, 6) is -0.301. The Morgan fingerprint density at radius 1 is 0.968 bits per heavy atom. The smallest absolute Gasteiger partial charge is 0.265 e. The molecule has 4 N–H and O–H groups in total. The zero-order chi connectivity index (χ0) is 23.0. The summed E-state index contributed by atoms with van der Waals surface area (Å²) < 4.78 is 0. The van der Waals surface area contributed by atoms with Gasteiger partial charge in [-0.2, -0.15) is 0 Å². The average Bonchev–Trinajstić information content (AvgIpc) is 2.69. The fourth-order valence-corrected chi connectivity index (χ4v) is 3.18. The van der Waals surface area contributed by atoms with Gasteiger partial charge in [0.25, 0.3) is 5.91 Å². The summed E-state index contributed by atoms with van der Waals surface area (Å²) in [4.78, 5) is 29.5. The summed E-state index contributed by atoms with van der Waals surface area (Å²) >= 11 is 6.01. The Morgan fingerprint density at radius 3 is 2.16 bits per heavy atom. The van der Waals surface area contributed by atoms with E-state index in [-0.39, 0.29) is 36.6 Å². The first-order valence-electron chi connectivity index (χ1n) is 10.1. The van der Waals surface area contributed by atoms with Crippen molar-refractivity contribution in [2.45, 2.75) is 46.0 Å². The number of amides is 2. The molecule has 8 heteroatoms. The maximum Gasteiger partial charge on any atom is 0.265 e. The molecule has 0 atom stereocenters. The number of oxime groups is 1. The maximum atomic E-state index is 12.4. The van der Waals surface area contributed by atoms with Crippen LogP contribution in [0.5, 0.6) is 0 Å². The van der Waals surface area contributed by atoms with Gasteiger partial charge < -0.3 is 21.2 Å². The second-order valence-corrected chi connectivity index (χ2v) is 8.14. The Labute approximate surface area is 188 Å². The van der Waals surface area contributed by atoms with E-state index in [1.54, 1.807) is 24.3 Å². The number of rotatable bonds is 9. The van der Waals surface area contributed by atoms with E-state index < -0.39 is 5.91 Å². The lowest BCUT2D eigenvalue weighted by molar-refractivity contribution is -0.120. The Kier molecular flexibility index (Phi) is 8.88. The molecule has 2 aromatic rings. The second kappa shape index (κ2) is 11.4. The third kappa shape index (κ3) is 7.29. The molecule has 31 heavy (non-hydrogen) atoms. The van der Waals surface area contributed by atoms with Crippen molar-refractivity contribution in [3.05, 3.63) is 58.6 Å². The second-order valence-electron chi connectivity index (χ2n) is 7.73. The molecule has 0 saturated heterocycles. The van der Waals surface area contributed by atoms with Crippen LogP contribution in [0.1, 0.15) is 57.1 Å². The number of anilines is 2. The van der Waals surface area contributed by atoms with Crippen molar-refractivity contribution >= 4 is 40.6 Å². The number of nitrogens with one attached hydrogen (secondary N) is 2. The average molecular weight is 445 g/mol. The normalized spacial score (nSPS) is 11.5. The number of para-hydroxylation sites is 2. The van der Waals surface area contributed by atoms with E-state index >= 15 is 0 Å². The molecule has 2 rings (SSSR count). The number of carbonyl (C=O) groups excluding carboxylic acids is 2. The number of nitrogens with zero attached hydrogens (tertiary/aromatic N) is 1. The molecule has 0 unspecified atom stereocenters. The van der Waals surface area contributed by atoms with E-state index in [2.05, 4.69) is 43.5 Å². The van der Waals surface area contributed by atoms with Gasteiger partial charge in [0.15, 0.2) is 6.61 Å². The van der Waals surface area contributed by atoms with Crippen LogP contribution in [0.4, 0.5) is 11.4 Å². The number of halogens is 1. The zero-order valence-corrected chi connectivity index (χ0v) is 19.0. The molecule has 0 aliphatic rings. The molecule has 0 bridgehead atoms. The number of hydrogen-bond donors (Lipinski definition) is 3. The molecule has 0 aliphatic heterocycles. The minimum Gasteiger partial charge on any atom is -0.384 e. The molecular formula is C23H29ClN4O3. The van der Waals surface area contributed by atoms with Crippen molar-refractivity contribution < 1.29 is 14.4 Å². The van der Waals surface area contributed by atoms with E-state index in [0.717, 1.165) is 16.8 Å². The molecule has 0 spiro atoms. The molecule has 2 amide bonds. The minimum atomic E-state index is -0.394. The number of hydrogen-bond acceptors (Lipinski definition) is 4. The summed E-state index contributed by atoms with van der Waals surface area (Å²) in [6, 6.07) is 12.9. The summed E-state index contributed by atoms with van der Waals surface area (Å²) in [7, 11) is 0. The lowest BCUT2D eigenvalue weighted by atomic mass is 9.92. The number of benzene rings is 2. The highest BCUT2D eigenvalue weighted by Crippen LogP contribution is 2.32. The number of carbonyl (C=O) groups is 2. The van der Waals surface area contributed by atoms with Crippen molar-refractivity contribution in [1.29, 1.82) is 0 Å². The predicted molar refractivity (Wildman–Crippen MR) is 126 cm³/mol. The van der Waals surface area contributed by atoms with Gasteiger partial charge in [0.1, 0.15) is 5.84 Å². The third-order valence-corrected chi connectivity index (χ3v) is 4.83. The Hall–Kier alpha value is -3.06. The molecule has 0 aliphatic carbocycles. The monoisotopic (exact) mass is 444 g/mol. The highest BCUT2D eigenvalue weighted by atomic mass is 35.5. The number of amidine groups is 1. The molecule has 7 nitrogen and oxygen atoms in total. The molecule has 0 fully saturated rings. The molecule has 0 saturated carbocycles. The van der Waals surface area contributed by atoms with Crippen LogP contribution in [0.15, 0.2) is 47.6 Å². The van der Waals surface area contributed by atoms with Crippen LogP contribution in [0.25, 0.3) is 0 Å². The molecule has 2 aromatic carbocycles. The summed E-state index contributed by atoms with van der Waals surface area (Å²) in [6.07, 6.45) is -0.194. The lowest BCUT2D eigenvalue weighted by Gasteiger charge is -2.20. The van der Waals surface area contributed by atoms with Crippen molar-refractivity contribution in [3.8, 4) is 0 Å². The van der Waals surface area contributed by atoms with Gasteiger partial charge in [-0.15, -0.1) is 0 Å². The van der Waals surface area contributed by atoms with Crippen LogP contribution in [-0.4, -0.2) is 24.3 Å². The number of nitrogens with two attached hydrogens (primary N) is 1. The SMILES string of the molecule is CC(C)c1cccc(C(C)C)c1NC(=O)CO/N=C(/N)CC(=O)Nc1ccccc1Cl. The van der Waals surface area contributed by atoms with Gasteiger partial charge in [0, 0.05) is 5.69 Å². The molecular weight excluding hydrogens is 416 g/mol.